The summed E-state index contributed by atoms with van der Waals surface area (Å²) in [6, 6.07) is 5.53. The van der Waals surface area contributed by atoms with Crippen LogP contribution in [0.2, 0.25) is 0 Å². The van der Waals surface area contributed by atoms with Crippen molar-refractivity contribution < 1.29 is 9.53 Å². The van der Waals surface area contributed by atoms with Gasteiger partial charge in [-0.3, -0.25) is 4.79 Å². The molecule has 1 rings (SSSR count). The van der Waals surface area contributed by atoms with E-state index in [1.807, 2.05) is 18.2 Å². The molecule has 4 heteroatoms. The van der Waals surface area contributed by atoms with Gasteiger partial charge in [-0.2, -0.15) is 0 Å². The fourth-order valence-corrected chi connectivity index (χ4v) is 1.71. The van der Waals surface area contributed by atoms with Gasteiger partial charge >= 0.3 is 5.97 Å². The largest absolute Gasteiger partial charge is 0.466 e. The third-order valence-electron chi connectivity index (χ3n) is 2.19. The Labute approximate surface area is 97.7 Å². The molecule has 0 saturated carbocycles. The Kier molecular flexibility index (Phi) is 4.15. The van der Waals surface area contributed by atoms with Gasteiger partial charge in [-0.05, 0) is 41.4 Å². The van der Waals surface area contributed by atoms with E-state index in [0.29, 0.717) is 12.3 Å². The lowest BCUT2D eigenvalue weighted by Gasteiger charge is -2.13. The summed E-state index contributed by atoms with van der Waals surface area (Å²) in [4.78, 5) is 11.5. The first-order chi connectivity index (χ1) is 7.07. The molecule has 1 aromatic carbocycles. The maximum atomic E-state index is 11.5. The summed E-state index contributed by atoms with van der Waals surface area (Å²) in [5.74, 6) is -0.579. The first-order valence-corrected chi connectivity index (χ1v) is 5.57. The first kappa shape index (κ1) is 12.0. The smallest absolute Gasteiger partial charge is 0.313 e. The van der Waals surface area contributed by atoms with E-state index >= 15 is 0 Å². The number of nitrogen functional groups attached to an aromatic ring is 1. The number of hydrogen-bond donors (Lipinski definition) is 1. The van der Waals surface area contributed by atoms with Crippen LogP contribution in [0.4, 0.5) is 5.69 Å². The van der Waals surface area contributed by atoms with Crippen LogP contribution in [0.25, 0.3) is 0 Å². The number of benzene rings is 1. The van der Waals surface area contributed by atoms with Gasteiger partial charge in [0.1, 0.15) is 0 Å². The van der Waals surface area contributed by atoms with Crippen LogP contribution in [0.5, 0.6) is 0 Å². The molecular formula is C11H14BrNO2. The molecule has 1 atom stereocenters. The number of carbonyl (C=O) groups excluding carboxylic acids is 1. The summed E-state index contributed by atoms with van der Waals surface area (Å²) >= 11 is 3.33. The van der Waals surface area contributed by atoms with Crippen LogP contribution < -0.4 is 5.73 Å². The Hall–Kier alpha value is -1.03. The highest BCUT2D eigenvalue weighted by Gasteiger charge is 2.19. The average molecular weight is 272 g/mol. The number of para-hydroxylation sites is 1. The van der Waals surface area contributed by atoms with Crippen LogP contribution in [0.1, 0.15) is 25.3 Å². The number of ether oxygens (including phenoxy) is 1. The normalized spacial score (nSPS) is 12.2. The zero-order valence-corrected chi connectivity index (χ0v) is 10.4. The van der Waals surface area contributed by atoms with Gasteiger partial charge < -0.3 is 10.5 Å². The van der Waals surface area contributed by atoms with Crippen molar-refractivity contribution in [1.29, 1.82) is 0 Å². The van der Waals surface area contributed by atoms with Crippen molar-refractivity contribution in [3.05, 3.63) is 28.2 Å². The molecule has 15 heavy (non-hydrogen) atoms. The van der Waals surface area contributed by atoms with E-state index in [0.717, 1.165) is 10.0 Å². The summed E-state index contributed by atoms with van der Waals surface area (Å²) < 4.78 is 5.75. The standard InChI is InChI=1S/C11H14BrNO2/c1-3-15-11(14)7(2)8-5-4-6-9(12)10(8)13/h4-7H,3,13H2,1-2H3. The van der Waals surface area contributed by atoms with Gasteiger partial charge in [0.05, 0.1) is 12.5 Å². The molecule has 0 fully saturated rings. The van der Waals surface area contributed by atoms with Crippen molar-refractivity contribution in [2.75, 3.05) is 12.3 Å². The predicted octanol–water partition coefficient (Wildman–Crippen LogP) is 2.70. The van der Waals surface area contributed by atoms with Gasteiger partial charge in [0.15, 0.2) is 0 Å². The summed E-state index contributed by atoms with van der Waals surface area (Å²) in [5.41, 5.74) is 7.25. The number of esters is 1. The highest BCUT2D eigenvalue weighted by Crippen LogP contribution is 2.29. The minimum Gasteiger partial charge on any atom is -0.466 e. The van der Waals surface area contributed by atoms with Gasteiger partial charge in [-0.25, -0.2) is 0 Å². The Morgan fingerprint density at radius 1 is 1.60 bits per heavy atom. The zero-order valence-electron chi connectivity index (χ0n) is 8.79. The summed E-state index contributed by atoms with van der Waals surface area (Å²) in [6.45, 7) is 3.96. The molecule has 1 aromatic rings. The average Bonchev–Trinajstić information content (AvgIpc) is 2.21. The van der Waals surface area contributed by atoms with Gasteiger partial charge in [-0.1, -0.05) is 12.1 Å². The summed E-state index contributed by atoms with van der Waals surface area (Å²) in [5, 5.41) is 0. The molecule has 2 N–H and O–H groups in total. The molecule has 1 unspecified atom stereocenters. The monoisotopic (exact) mass is 271 g/mol. The molecule has 0 heterocycles. The van der Waals surface area contributed by atoms with Gasteiger partial charge in [0, 0.05) is 10.2 Å². The topological polar surface area (TPSA) is 52.3 Å². The van der Waals surface area contributed by atoms with Crippen LogP contribution in [-0.4, -0.2) is 12.6 Å². The molecule has 0 saturated heterocycles. The van der Waals surface area contributed by atoms with Crippen LogP contribution in [0.3, 0.4) is 0 Å². The lowest BCUT2D eigenvalue weighted by atomic mass is 10.00. The second kappa shape index (κ2) is 5.16. The molecule has 0 aliphatic rings. The molecule has 0 amide bonds. The molecule has 0 aromatic heterocycles. The van der Waals surface area contributed by atoms with Gasteiger partial charge in [0.25, 0.3) is 0 Å². The number of hydrogen-bond acceptors (Lipinski definition) is 3. The molecule has 3 nitrogen and oxygen atoms in total. The summed E-state index contributed by atoms with van der Waals surface area (Å²) in [7, 11) is 0. The van der Waals surface area contributed by atoms with E-state index in [9.17, 15) is 4.79 Å². The minimum atomic E-state index is -0.331. The van der Waals surface area contributed by atoms with E-state index in [1.165, 1.54) is 0 Å². The maximum absolute atomic E-state index is 11.5. The Morgan fingerprint density at radius 2 is 2.27 bits per heavy atom. The van der Waals surface area contributed by atoms with Crippen molar-refractivity contribution in [1.82, 2.24) is 0 Å². The van der Waals surface area contributed by atoms with Crippen LogP contribution in [0, 0.1) is 0 Å². The van der Waals surface area contributed by atoms with Crippen molar-refractivity contribution in [3.8, 4) is 0 Å². The van der Waals surface area contributed by atoms with E-state index < -0.39 is 0 Å². The van der Waals surface area contributed by atoms with Crippen LogP contribution in [0.15, 0.2) is 22.7 Å². The third kappa shape index (κ3) is 2.72. The Bertz CT molecular complexity index is 366. The van der Waals surface area contributed by atoms with E-state index in [2.05, 4.69) is 15.9 Å². The Balaban J connectivity index is 2.96. The maximum Gasteiger partial charge on any atom is 0.313 e. The highest BCUT2D eigenvalue weighted by molar-refractivity contribution is 9.10. The van der Waals surface area contributed by atoms with Crippen LogP contribution >= 0.6 is 15.9 Å². The van der Waals surface area contributed by atoms with E-state index in [-0.39, 0.29) is 11.9 Å². The second-order valence-electron chi connectivity index (χ2n) is 3.22. The lowest BCUT2D eigenvalue weighted by Crippen LogP contribution is -2.14. The minimum absolute atomic E-state index is 0.248. The van der Waals surface area contributed by atoms with Crippen LogP contribution in [-0.2, 0) is 9.53 Å². The van der Waals surface area contributed by atoms with Crippen molar-refractivity contribution in [2.24, 2.45) is 0 Å². The highest BCUT2D eigenvalue weighted by atomic mass is 79.9. The van der Waals surface area contributed by atoms with Gasteiger partial charge in [-0.15, -0.1) is 0 Å². The first-order valence-electron chi connectivity index (χ1n) is 4.78. The number of carbonyl (C=O) groups is 1. The molecule has 0 radical (unpaired) electrons. The number of nitrogens with two attached hydrogens (primary N) is 1. The molecule has 0 spiro atoms. The quantitative estimate of drug-likeness (QED) is 0.680. The lowest BCUT2D eigenvalue weighted by molar-refractivity contribution is -0.144. The van der Waals surface area contributed by atoms with E-state index in [4.69, 9.17) is 10.5 Å². The second-order valence-corrected chi connectivity index (χ2v) is 4.07. The summed E-state index contributed by atoms with van der Waals surface area (Å²) in [6.07, 6.45) is 0. The molecule has 0 bridgehead atoms. The molecular weight excluding hydrogens is 258 g/mol. The van der Waals surface area contributed by atoms with Crippen molar-refractivity contribution in [3.63, 3.8) is 0 Å². The van der Waals surface area contributed by atoms with Gasteiger partial charge in [0.2, 0.25) is 0 Å². The number of anilines is 1. The molecule has 0 aliphatic heterocycles. The zero-order chi connectivity index (χ0) is 11.4. The molecule has 0 aliphatic carbocycles. The van der Waals surface area contributed by atoms with E-state index in [1.54, 1.807) is 13.8 Å². The molecule has 82 valence electrons. The van der Waals surface area contributed by atoms with Crippen molar-refractivity contribution in [2.45, 2.75) is 19.8 Å². The fourth-order valence-electron chi connectivity index (χ4n) is 1.33. The Morgan fingerprint density at radius 3 is 2.87 bits per heavy atom. The van der Waals surface area contributed by atoms with Crippen molar-refractivity contribution >= 4 is 27.6 Å². The SMILES string of the molecule is CCOC(=O)C(C)c1cccc(Br)c1N. The fraction of sp³-hybridized carbons (Fsp3) is 0.364. The predicted molar refractivity (Wildman–Crippen MR) is 63.6 cm³/mol. The number of halogens is 1. The third-order valence-corrected chi connectivity index (χ3v) is 2.88. The number of rotatable bonds is 3.